The Bertz CT molecular complexity index is 516. The molecule has 1 N–H and O–H groups in total. The van der Waals surface area contributed by atoms with Crippen molar-refractivity contribution in [3.8, 4) is 5.75 Å². The molecule has 0 unspecified atom stereocenters. The first-order valence-corrected chi connectivity index (χ1v) is 8.24. The number of benzene rings is 1. The summed E-state index contributed by atoms with van der Waals surface area (Å²) < 4.78 is 6.50. The molecule has 6 heteroatoms. The van der Waals surface area contributed by atoms with E-state index in [0.717, 1.165) is 17.6 Å². The van der Waals surface area contributed by atoms with Gasteiger partial charge in [0.15, 0.2) is 0 Å². The summed E-state index contributed by atoms with van der Waals surface area (Å²) in [7, 11) is 0. The molecule has 0 atom stereocenters. The molecule has 1 rings (SSSR count). The van der Waals surface area contributed by atoms with E-state index in [2.05, 4.69) is 21.2 Å². The maximum absolute atomic E-state index is 11.9. The molecule has 0 aliphatic heterocycles. The van der Waals surface area contributed by atoms with Crippen molar-refractivity contribution in [1.82, 2.24) is 4.90 Å². The van der Waals surface area contributed by atoms with Crippen LogP contribution in [-0.2, 0) is 9.59 Å². The number of anilines is 1. The van der Waals surface area contributed by atoms with Crippen LogP contribution in [0.2, 0.25) is 0 Å². The fourth-order valence-electron chi connectivity index (χ4n) is 2.03. The van der Waals surface area contributed by atoms with Crippen LogP contribution in [-0.4, -0.2) is 36.4 Å². The van der Waals surface area contributed by atoms with E-state index in [9.17, 15) is 9.59 Å². The predicted octanol–water partition coefficient (Wildman–Crippen LogP) is 3.43. The molecule has 0 aromatic heterocycles. The van der Waals surface area contributed by atoms with Gasteiger partial charge >= 0.3 is 0 Å². The molecule has 0 bridgehead atoms. The lowest BCUT2D eigenvalue weighted by Gasteiger charge is -2.18. The van der Waals surface area contributed by atoms with Gasteiger partial charge in [-0.2, -0.15) is 0 Å². The molecule has 122 valence electrons. The molecule has 22 heavy (non-hydrogen) atoms. The Balaban J connectivity index is 2.47. The largest absolute Gasteiger partial charge is 0.492 e. The zero-order valence-electron chi connectivity index (χ0n) is 13.3. The van der Waals surface area contributed by atoms with Crippen molar-refractivity contribution in [1.29, 1.82) is 0 Å². The highest BCUT2D eigenvalue weighted by Crippen LogP contribution is 2.28. The van der Waals surface area contributed by atoms with Crippen LogP contribution in [0.5, 0.6) is 5.75 Å². The molecule has 0 saturated heterocycles. The Morgan fingerprint density at radius 3 is 2.55 bits per heavy atom. The Labute approximate surface area is 140 Å². The van der Waals surface area contributed by atoms with Crippen molar-refractivity contribution in [2.24, 2.45) is 0 Å². The highest BCUT2D eigenvalue weighted by molar-refractivity contribution is 9.10. The van der Waals surface area contributed by atoms with E-state index in [1.165, 1.54) is 6.92 Å². The summed E-state index contributed by atoms with van der Waals surface area (Å²) in [5.41, 5.74) is 0.685. The van der Waals surface area contributed by atoms with E-state index in [1.54, 1.807) is 12.1 Å². The van der Waals surface area contributed by atoms with Crippen LogP contribution in [0.25, 0.3) is 0 Å². The minimum atomic E-state index is -0.127. The van der Waals surface area contributed by atoms with Crippen LogP contribution >= 0.6 is 15.9 Å². The lowest BCUT2D eigenvalue weighted by molar-refractivity contribution is -0.131. The third-order valence-corrected chi connectivity index (χ3v) is 3.82. The molecule has 1 aromatic carbocycles. The topological polar surface area (TPSA) is 58.6 Å². The molecular weight excluding hydrogens is 348 g/mol. The van der Waals surface area contributed by atoms with Gasteiger partial charge in [0.25, 0.3) is 0 Å². The minimum absolute atomic E-state index is 0.127. The summed E-state index contributed by atoms with van der Waals surface area (Å²) in [6, 6.07) is 5.38. The second-order valence-corrected chi connectivity index (χ2v) is 5.70. The normalized spacial score (nSPS) is 10.2. The number of rotatable bonds is 8. The fraction of sp³-hybridized carbons (Fsp3) is 0.500. The first-order valence-electron chi connectivity index (χ1n) is 7.45. The Morgan fingerprint density at radius 1 is 1.27 bits per heavy atom. The Hall–Kier alpha value is -1.56. The van der Waals surface area contributed by atoms with Gasteiger partial charge in [0, 0.05) is 38.2 Å². The maximum Gasteiger partial charge on any atom is 0.222 e. The number of carbonyl (C=O) groups is 2. The molecule has 0 aliphatic rings. The van der Waals surface area contributed by atoms with Gasteiger partial charge in [0.1, 0.15) is 5.75 Å². The summed E-state index contributed by atoms with van der Waals surface area (Å²) in [5.74, 6) is 0.680. The Kier molecular flexibility index (Phi) is 7.95. The summed E-state index contributed by atoms with van der Waals surface area (Å²) in [4.78, 5) is 24.7. The molecular formula is C16H23BrN2O3. The second kappa shape index (κ2) is 9.46. The molecule has 0 spiro atoms. The zero-order valence-corrected chi connectivity index (χ0v) is 14.9. The first-order chi connectivity index (χ1) is 10.5. The van der Waals surface area contributed by atoms with Gasteiger partial charge in [-0.3, -0.25) is 9.59 Å². The smallest absolute Gasteiger partial charge is 0.222 e. The van der Waals surface area contributed by atoms with E-state index < -0.39 is 0 Å². The number of nitrogens with one attached hydrogen (secondary N) is 1. The quantitative estimate of drug-likeness (QED) is 0.713. The van der Waals surface area contributed by atoms with Gasteiger partial charge in [-0.15, -0.1) is 0 Å². The van der Waals surface area contributed by atoms with Gasteiger partial charge < -0.3 is 15.0 Å². The molecule has 0 aliphatic carbocycles. The van der Waals surface area contributed by atoms with Gasteiger partial charge in [-0.1, -0.05) is 0 Å². The van der Waals surface area contributed by atoms with Gasteiger partial charge in [-0.25, -0.2) is 0 Å². The van der Waals surface area contributed by atoms with E-state index in [-0.39, 0.29) is 11.8 Å². The predicted molar refractivity (Wildman–Crippen MR) is 91.1 cm³/mol. The first kappa shape index (κ1) is 18.5. The van der Waals surface area contributed by atoms with E-state index in [4.69, 9.17) is 4.74 Å². The zero-order chi connectivity index (χ0) is 16.5. The van der Waals surface area contributed by atoms with Crippen LogP contribution in [0.1, 0.15) is 33.6 Å². The van der Waals surface area contributed by atoms with Crippen molar-refractivity contribution in [3.63, 3.8) is 0 Å². The van der Waals surface area contributed by atoms with E-state index in [1.807, 2.05) is 24.8 Å². The van der Waals surface area contributed by atoms with Crippen LogP contribution in [0.3, 0.4) is 0 Å². The molecule has 0 fully saturated rings. The third-order valence-electron chi connectivity index (χ3n) is 3.16. The van der Waals surface area contributed by atoms with Crippen molar-refractivity contribution in [2.75, 3.05) is 25.0 Å². The fourth-order valence-corrected chi connectivity index (χ4v) is 2.40. The molecule has 5 nitrogen and oxygen atoms in total. The number of amides is 2. The average molecular weight is 371 g/mol. The third kappa shape index (κ3) is 6.05. The van der Waals surface area contributed by atoms with Gasteiger partial charge in [0.05, 0.1) is 11.1 Å². The summed E-state index contributed by atoms with van der Waals surface area (Å²) >= 11 is 3.41. The molecule has 0 heterocycles. The van der Waals surface area contributed by atoms with Crippen LogP contribution < -0.4 is 10.1 Å². The lowest BCUT2D eigenvalue weighted by Crippen LogP contribution is -2.30. The Morgan fingerprint density at radius 2 is 1.95 bits per heavy atom. The van der Waals surface area contributed by atoms with Crippen molar-refractivity contribution in [2.45, 2.75) is 33.6 Å². The highest BCUT2D eigenvalue weighted by Gasteiger charge is 2.09. The number of carbonyl (C=O) groups excluding carboxylic acids is 2. The number of hydrogen-bond acceptors (Lipinski definition) is 3. The summed E-state index contributed by atoms with van der Waals surface area (Å²) in [6.45, 7) is 7.34. The average Bonchev–Trinajstić information content (AvgIpc) is 2.47. The standard InChI is InChI=1S/C16H23BrN2O3/c1-4-19(5-2)16(21)7-6-10-22-15-11-13(18-12(3)20)8-9-14(15)17/h8-9,11H,4-7,10H2,1-3H3,(H,18,20). The van der Waals surface area contributed by atoms with Crippen molar-refractivity contribution in [3.05, 3.63) is 22.7 Å². The van der Waals surface area contributed by atoms with Gasteiger partial charge in [-0.05, 0) is 48.3 Å². The van der Waals surface area contributed by atoms with E-state index in [0.29, 0.717) is 30.9 Å². The van der Waals surface area contributed by atoms with E-state index >= 15 is 0 Å². The number of halogens is 1. The summed E-state index contributed by atoms with van der Waals surface area (Å²) in [5, 5.41) is 2.71. The van der Waals surface area contributed by atoms with Crippen LogP contribution in [0.4, 0.5) is 5.69 Å². The highest BCUT2D eigenvalue weighted by atomic mass is 79.9. The summed E-state index contributed by atoms with van der Waals surface area (Å²) in [6.07, 6.45) is 1.14. The van der Waals surface area contributed by atoms with Crippen LogP contribution in [0, 0.1) is 0 Å². The van der Waals surface area contributed by atoms with Gasteiger partial charge in [0.2, 0.25) is 11.8 Å². The van der Waals surface area contributed by atoms with Crippen molar-refractivity contribution >= 4 is 33.4 Å². The molecule has 0 saturated carbocycles. The van der Waals surface area contributed by atoms with Crippen LogP contribution in [0.15, 0.2) is 22.7 Å². The number of hydrogen-bond donors (Lipinski definition) is 1. The molecule has 1 aromatic rings. The lowest BCUT2D eigenvalue weighted by atomic mass is 10.2. The number of ether oxygens (including phenoxy) is 1. The maximum atomic E-state index is 11.9. The second-order valence-electron chi connectivity index (χ2n) is 4.84. The molecule has 0 radical (unpaired) electrons. The van der Waals surface area contributed by atoms with Crippen molar-refractivity contribution < 1.29 is 14.3 Å². The monoisotopic (exact) mass is 370 g/mol. The number of nitrogens with zero attached hydrogens (tertiary/aromatic N) is 1. The molecule has 2 amide bonds. The minimum Gasteiger partial charge on any atom is -0.492 e. The SMILES string of the molecule is CCN(CC)C(=O)CCCOc1cc(NC(C)=O)ccc1Br.